The minimum Gasteiger partial charge on any atom is -0.378 e. The van der Waals surface area contributed by atoms with Crippen molar-refractivity contribution in [2.45, 2.75) is 4.87 Å². The van der Waals surface area contributed by atoms with Crippen LogP contribution in [0.4, 0.5) is 22.7 Å². The van der Waals surface area contributed by atoms with Crippen molar-refractivity contribution < 1.29 is 4.92 Å². The third-order valence-corrected chi connectivity index (χ3v) is 5.97. The third-order valence-electron chi connectivity index (χ3n) is 5.34. The molecule has 4 rings (SSSR count). The molecular formula is C22H21Cl2N3O2. The first kappa shape index (κ1) is 21.0. The second-order valence-electron chi connectivity index (χ2n) is 7.13. The van der Waals surface area contributed by atoms with E-state index in [-0.39, 0.29) is 23.0 Å². The van der Waals surface area contributed by atoms with E-state index in [0.29, 0.717) is 5.56 Å². The van der Waals surface area contributed by atoms with Gasteiger partial charge in [0.2, 0.25) is 0 Å². The summed E-state index contributed by atoms with van der Waals surface area (Å²) in [4.78, 5) is 14.1. The van der Waals surface area contributed by atoms with Crippen molar-refractivity contribution in [2.24, 2.45) is 0 Å². The number of halogens is 2. The van der Waals surface area contributed by atoms with Gasteiger partial charge >= 0.3 is 0 Å². The van der Waals surface area contributed by atoms with E-state index in [4.69, 9.17) is 11.6 Å². The van der Waals surface area contributed by atoms with Crippen LogP contribution in [-0.2, 0) is 4.87 Å². The fraction of sp³-hybridized carbons (Fsp3) is 0.182. The summed E-state index contributed by atoms with van der Waals surface area (Å²) < 4.78 is 0. The second kappa shape index (κ2) is 7.58. The van der Waals surface area contributed by atoms with Crippen molar-refractivity contribution in [3.05, 3.63) is 93.5 Å². The highest BCUT2D eigenvalue weighted by Crippen LogP contribution is 2.55. The number of nitrogens with zero attached hydrogens (tertiary/aromatic N) is 3. The zero-order valence-electron chi connectivity index (χ0n) is 16.3. The Balaban J connectivity index is 0.00000240. The summed E-state index contributed by atoms with van der Waals surface area (Å²) >= 11 is 7.37. The molecule has 7 heteroatoms. The quantitative estimate of drug-likeness (QED) is 0.304. The molecule has 0 spiro atoms. The average molecular weight is 430 g/mol. The van der Waals surface area contributed by atoms with Crippen LogP contribution in [0.15, 0.2) is 66.7 Å². The molecule has 0 amide bonds. The van der Waals surface area contributed by atoms with Gasteiger partial charge in [0.05, 0.1) is 4.92 Å². The van der Waals surface area contributed by atoms with Gasteiger partial charge in [0.1, 0.15) is 4.87 Å². The van der Waals surface area contributed by atoms with Crippen LogP contribution in [0.2, 0.25) is 0 Å². The highest BCUT2D eigenvalue weighted by molar-refractivity contribution is 6.29. The topological polar surface area (TPSA) is 49.6 Å². The molecule has 29 heavy (non-hydrogen) atoms. The first-order chi connectivity index (χ1) is 13.3. The lowest BCUT2D eigenvalue weighted by molar-refractivity contribution is -0.384. The van der Waals surface area contributed by atoms with E-state index in [9.17, 15) is 10.1 Å². The van der Waals surface area contributed by atoms with Crippen molar-refractivity contribution in [1.29, 1.82) is 0 Å². The minimum absolute atomic E-state index is 0. The lowest BCUT2D eigenvalue weighted by atomic mass is 9.79. The maximum absolute atomic E-state index is 11.4. The summed E-state index contributed by atoms with van der Waals surface area (Å²) in [7, 11) is 5.92. The third kappa shape index (κ3) is 3.20. The second-order valence-corrected chi connectivity index (χ2v) is 7.70. The number of anilines is 3. The van der Waals surface area contributed by atoms with E-state index in [1.165, 1.54) is 6.07 Å². The van der Waals surface area contributed by atoms with Gasteiger partial charge in [-0.25, -0.2) is 0 Å². The molecule has 0 fully saturated rings. The van der Waals surface area contributed by atoms with Gasteiger partial charge in [-0.3, -0.25) is 10.1 Å². The van der Waals surface area contributed by atoms with Gasteiger partial charge in [-0.1, -0.05) is 30.3 Å². The number of benzene rings is 3. The molecular weight excluding hydrogens is 409 g/mol. The van der Waals surface area contributed by atoms with Crippen LogP contribution in [0.1, 0.15) is 16.7 Å². The Bertz CT molecular complexity index is 1070. The number of rotatable bonds is 3. The number of nitro benzene ring substituents is 1. The molecule has 0 bridgehead atoms. The molecule has 0 radical (unpaired) electrons. The molecule has 1 atom stereocenters. The van der Waals surface area contributed by atoms with Crippen LogP contribution >= 0.6 is 24.0 Å². The Labute approximate surface area is 181 Å². The maximum Gasteiger partial charge on any atom is 0.269 e. The van der Waals surface area contributed by atoms with Crippen LogP contribution in [0, 0.1) is 10.1 Å². The van der Waals surface area contributed by atoms with Crippen molar-refractivity contribution in [3.63, 3.8) is 0 Å². The number of alkyl halides is 1. The van der Waals surface area contributed by atoms with Crippen molar-refractivity contribution in [1.82, 2.24) is 0 Å². The van der Waals surface area contributed by atoms with Crippen LogP contribution < -0.4 is 9.80 Å². The predicted molar refractivity (Wildman–Crippen MR) is 121 cm³/mol. The van der Waals surface area contributed by atoms with E-state index in [1.807, 2.05) is 79.5 Å². The lowest BCUT2D eigenvalue weighted by Crippen LogP contribution is -2.32. The SMILES string of the molecule is CN(C)c1ccc(C2(Cl)c3ccccc3N(C)c3ccc([N+](=O)[O-])cc32)cc1.Cl. The summed E-state index contributed by atoms with van der Waals surface area (Å²) in [5, 5.41) is 11.4. The van der Waals surface area contributed by atoms with E-state index >= 15 is 0 Å². The van der Waals surface area contributed by atoms with Gasteiger partial charge in [-0.05, 0) is 29.8 Å². The van der Waals surface area contributed by atoms with E-state index in [0.717, 1.165) is 28.2 Å². The summed E-state index contributed by atoms with van der Waals surface area (Å²) in [5.74, 6) is 0. The predicted octanol–water partition coefficient (Wildman–Crippen LogP) is 5.69. The number of fused-ring (bicyclic) bond motifs is 2. The molecule has 1 aliphatic heterocycles. The monoisotopic (exact) mass is 429 g/mol. The number of non-ortho nitro benzene ring substituents is 1. The van der Waals surface area contributed by atoms with Crippen molar-refractivity contribution >= 4 is 46.8 Å². The normalized spacial score (nSPS) is 17.0. The Morgan fingerprint density at radius 1 is 0.966 bits per heavy atom. The standard InChI is InChI=1S/C22H20ClN3O2.ClH/c1-24(2)16-10-8-15(9-11-16)22(23)18-6-4-5-7-20(18)25(3)21-13-12-17(26(27)28)14-19(21)22;/h4-14H,1-3H3;1H. The van der Waals surface area contributed by atoms with Crippen molar-refractivity contribution in [2.75, 3.05) is 30.9 Å². The van der Waals surface area contributed by atoms with Gasteiger partial charge in [0, 0.05) is 61.5 Å². The van der Waals surface area contributed by atoms with Gasteiger partial charge in [-0.2, -0.15) is 0 Å². The first-order valence-electron chi connectivity index (χ1n) is 8.93. The Kier molecular flexibility index (Phi) is 5.48. The molecule has 3 aromatic carbocycles. The lowest BCUT2D eigenvalue weighted by Gasteiger charge is -2.41. The van der Waals surface area contributed by atoms with Crippen molar-refractivity contribution in [3.8, 4) is 0 Å². The van der Waals surface area contributed by atoms with E-state index in [1.54, 1.807) is 12.1 Å². The smallest absolute Gasteiger partial charge is 0.269 e. The van der Waals surface area contributed by atoms with Gasteiger partial charge in [0.25, 0.3) is 5.69 Å². The summed E-state index contributed by atoms with van der Waals surface area (Å²) in [6, 6.07) is 20.8. The molecule has 0 saturated heterocycles. The molecule has 3 aromatic rings. The molecule has 1 heterocycles. The zero-order valence-corrected chi connectivity index (χ0v) is 17.9. The Morgan fingerprint density at radius 3 is 2.21 bits per heavy atom. The summed E-state index contributed by atoms with van der Waals surface area (Å²) in [5.41, 5.74) is 5.42. The molecule has 0 N–H and O–H groups in total. The van der Waals surface area contributed by atoms with E-state index < -0.39 is 4.87 Å². The number of hydrogen-bond acceptors (Lipinski definition) is 4. The molecule has 0 aliphatic carbocycles. The largest absolute Gasteiger partial charge is 0.378 e. The van der Waals surface area contributed by atoms with Crippen LogP contribution in [0.5, 0.6) is 0 Å². The molecule has 0 aromatic heterocycles. The molecule has 5 nitrogen and oxygen atoms in total. The highest BCUT2D eigenvalue weighted by Gasteiger charge is 2.43. The fourth-order valence-electron chi connectivity index (χ4n) is 3.84. The Hall–Kier alpha value is -2.76. The molecule has 150 valence electrons. The molecule has 1 aliphatic rings. The summed E-state index contributed by atoms with van der Waals surface area (Å²) in [6.07, 6.45) is 0. The number of hydrogen-bond donors (Lipinski definition) is 0. The highest BCUT2D eigenvalue weighted by atomic mass is 35.5. The fourth-order valence-corrected chi connectivity index (χ4v) is 4.28. The average Bonchev–Trinajstić information content (AvgIpc) is 2.71. The molecule has 0 saturated carbocycles. The minimum atomic E-state index is -1.02. The van der Waals surface area contributed by atoms with Crippen LogP contribution in [-0.4, -0.2) is 26.1 Å². The van der Waals surface area contributed by atoms with Crippen LogP contribution in [0.25, 0.3) is 0 Å². The van der Waals surface area contributed by atoms with E-state index in [2.05, 4.69) is 0 Å². The van der Waals surface area contributed by atoms with Crippen LogP contribution in [0.3, 0.4) is 0 Å². The van der Waals surface area contributed by atoms with Gasteiger partial charge < -0.3 is 9.80 Å². The first-order valence-corrected chi connectivity index (χ1v) is 9.30. The zero-order chi connectivity index (χ0) is 20.1. The maximum atomic E-state index is 11.4. The van der Waals surface area contributed by atoms with Gasteiger partial charge in [-0.15, -0.1) is 24.0 Å². The summed E-state index contributed by atoms with van der Waals surface area (Å²) in [6.45, 7) is 0. The number of nitro groups is 1. The molecule has 1 unspecified atom stereocenters. The number of para-hydroxylation sites is 1. The Morgan fingerprint density at radius 2 is 1.59 bits per heavy atom. The van der Waals surface area contributed by atoms with Gasteiger partial charge in [0.15, 0.2) is 0 Å².